The number of hydrogen-bond acceptors (Lipinski definition) is 6. The van der Waals surface area contributed by atoms with Crippen molar-refractivity contribution in [3.05, 3.63) is 84.3 Å². The SMILES string of the molecule is O=C(O)N1CCC(Nc2ncnc3c2cc(C#Cc2ccccc2)n3S(=O)(=O)c2ccccc2)C1. The highest BCUT2D eigenvalue weighted by Gasteiger charge is 2.28. The van der Waals surface area contributed by atoms with Crippen LogP contribution < -0.4 is 5.32 Å². The van der Waals surface area contributed by atoms with E-state index in [1.54, 1.807) is 24.3 Å². The van der Waals surface area contributed by atoms with Crippen molar-refractivity contribution in [2.45, 2.75) is 17.4 Å². The fourth-order valence-corrected chi connectivity index (χ4v) is 5.48. The molecular formula is C25H21N5O4S. The Morgan fingerprint density at radius 1 is 1.03 bits per heavy atom. The zero-order valence-corrected chi connectivity index (χ0v) is 19.3. The molecule has 0 aliphatic carbocycles. The fourth-order valence-electron chi connectivity index (χ4n) is 4.04. The van der Waals surface area contributed by atoms with E-state index >= 15 is 0 Å². The lowest BCUT2D eigenvalue weighted by molar-refractivity contribution is 0.155. The van der Waals surface area contributed by atoms with Crippen molar-refractivity contribution in [3.8, 4) is 11.8 Å². The third kappa shape index (κ3) is 4.41. The molecule has 0 saturated carbocycles. The van der Waals surface area contributed by atoms with Gasteiger partial charge in [0.2, 0.25) is 0 Å². The molecule has 1 aliphatic heterocycles. The summed E-state index contributed by atoms with van der Waals surface area (Å²) in [6, 6.07) is 18.9. The molecule has 1 atom stereocenters. The molecule has 176 valence electrons. The second-order valence-corrected chi connectivity index (χ2v) is 9.83. The highest BCUT2D eigenvalue weighted by Crippen LogP contribution is 2.29. The van der Waals surface area contributed by atoms with E-state index in [0.717, 1.165) is 9.54 Å². The van der Waals surface area contributed by atoms with E-state index in [2.05, 4.69) is 27.1 Å². The van der Waals surface area contributed by atoms with Crippen LogP contribution in [0.25, 0.3) is 11.0 Å². The summed E-state index contributed by atoms with van der Waals surface area (Å²) in [5.41, 5.74) is 1.18. The first-order chi connectivity index (χ1) is 16.9. The minimum Gasteiger partial charge on any atom is -0.465 e. The largest absolute Gasteiger partial charge is 0.465 e. The summed E-state index contributed by atoms with van der Waals surface area (Å²) in [7, 11) is -4.01. The molecule has 1 saturated heterocycles. The van der Waals surface area contributed by atoms with Crippen molar-refractivity contribution in [2.24, 2.45) is 0 Å². The lowest BCUT2D eigenvalue weighted by Gasteiger charge is -2.15. The van der Waals surface area contributed by atoms with Crippen LogP contribution >= 0.6 is 0 Å². The zero-order valence-electron chi connectivity index (χ0n) is 18.5. The highest BCUT2D eigenvalue weighted by atomic mass is 32.2. The van der Waals surface area contributed by atoms with Crippen LogP contribution in [-0.4, -0.2) is 57.6 Å². The molecule has 2 aromatic carbocycles. The van der Waals surface area contributed by atoms with Gasteiger partial charge < -0.3 is 15.3 Å². The van der Waals surface area contributed by atoms with E-state index in [-0.39, 0.29) is 22.3 Å². The van der Waals surface area contributed by atoms with Crippen LogP contribution in [0.5, 0.6) is 0 Å². The minimum atomic E-state index is -4.01. The predicted molar refractivity (Wildman–Crippen MR) is 131 cm³/mol. The summed E-state index contributed by atoms with van der Waals surface area (Å²) in [5, 5.41) is 13.0. The second kappa shape index (κ2) is 9.12. The van der Waals surface area contributed by atoms with Crippen molar-refractivity contribution in [1.29, 1.82) is 0 Å². The normalized spacial score (nSPS) is 15.5. The van der Waals surface area contributed by atoms with E-state index in [0.29, 0.717) is 30.7 Å². The van der Waals surface area contributed by atoms with Crippen LogP contribution in [0.2, 0.25) is 0 Å². The van der Waals surface area contributed by atoms with E-state index in [1.165, 1.54) is 23.4 Å². The lowest BCUT2D eigenvalue weighted by Crippen LogP contribution is -2.30. The Kier molecular flexibility index (Phi) is 5.84. The number of hydrogen-bond donors (Lipinski definition) is 2. The van der Waals surface area contributed by atoms with Crippen LogP contribution in [0, 0.1) is 11.8 Å². The molecule has 2 N–H and O–H groups in total. The molecule has 3 heterocycles. The number of carbonyl (C=O) groups is 1. The summed E-state index contributed by atoms with van der Waals surface area (Å²) in [6.07, 6.45) is 0.933. The monoisotopic (exact) mass is 487 g/mol. The molecule has 35 heavy (non-hydrogen) atoms. The van der Waals surface area contributed by atoms with Gasteiger partial charge in [-0.15, -0.1) is 0 Å². The van der Waals surface area contributed by atoms with Gasteiger partial charge in [-0.3, -0.25) is 0 Å². The van der Waals surface area contributed by atoms with Crippen molar-refractivity contribution in [2.75, 3.05) is 18.4 Å². The van der Waals surface area contributed by atoms with Crippen molar-refractivity contribution in [3.63, 3.8) is 0 Å². The van der Waals surface area contributed by atoms with Crippen LogP contribution in [0.4, 0.5) is 10.6 Å². The molecule has 2 aromatic heterocycles. The summed E-state index contributed by atoms with van der Waals surface area (Å²) < 4.78 is 28.5. The molecular weight excluding hydrogens is 466 g/mol. The summed E-state index contributed by atoms with van der Waals surface area (Å²) in [4.78, 5) is 21.3. The van der Waals surface area contributed by atoms with Gasteiger partial charge in [-0.1, -0.05) is 42.3 Å². The standard InChI is InChI=1S/C25H21N5O4S/c31-25(32)29-14-13-19(16-29)28-23-22-15-20(12-11-18-7-3-1-4-8-18)30(24(22)27-17-26-23)35(33,34)21-9-5-2-6-10-21/h1-10,15,17,19H,13-14,16H2,(H,31,32)(H,26,27,28). The third-order valence-corrected chi connectivity index (χ3v) is 7.46. The van der Waals surface area contributed by atoms with Crippen molar-refractivity contribution < 1.29 is 18.3 Å². The second-order valence-electron chi connectivity index (χ2n) is 8.05. The molecule has 1 aliphatic rings. The molecule has 0 spiro atoms. The van der Waals surface area contributed by atoms with Gasteiger partial charge in [0, 0.05) is 24.7 Å². The van der Waals surface area contributed by atoms with Gasteiger partial charge in [0.25, 0.3) is 10.0 Å². The molecule has 0 bridgehead atoms. The fraction of sp³-hybridized carbons (Fsp3) is 0.160. The Hall–Kier alpha value is -4.36. The lowest BCUT2D eigenvalue weighted by atomic mass is 10.2. The van der Waals surface area contributed by atoms with Gasteiger partial charge in [-0.2, -0.15) is 0 Å². The number of fused-ring (bicyclic) bond motifs is 1. The first-order valence-electron chi connectivity index (χ1n) is 10.9. The topological polar surface area (TPSA) is 117 Å². The average Bonchev–Trinajstić information content (AvgIpc) is 3.50. The number of carboxylic acid groups (broad SMARTS) is 1. The molecule has 1 amide bonds. The van der Waals surface area contributed by atoms with E-state index < -0.39 is 16.1 Å². The van der Waals surface area contributed by atoms with Gasteiger partial charge in [0.15, 0.2) is 5.65 Å². The van der Waals surface area contributed by atoms with Gasteiger partial charge >= 0.3 is 6.09 Å². The molecule has 10 heteroatoms. The average molecular weight is 488 g/mol. The first-order valence-corrected chi connectivity index (χ1v) is 12.4. The molecule has 4 aromatic rings. The smallest absolute Gasteiger partial charge is 0.407 e. The number of benzene rings is 2. The quantitative estimate of drug-likeness (QED) is 0.425. The number of anilines is 1. The number of amides is 1. The van der Waals surface area contributed by atoms with Gasteiger partial charge in [0.05, 0.1) is 10.3 Å². The summed E-state index contributed by atoms with van der Waals surface area (Å²) in [5.74, 6) is 6.44. The molecule has 1 fully saturated rings. The Bertz CT molecular complexity index is 1560. The van der Waals surface area contributed by atoms with Crippen molar-refractivity contribution >= 4 is 33.0 Å². The maximum Gasteiger partial charge on any atom is 0.407 e. The van der Waals surface area contributed by atoms with Crippen LogP contribution in [0.15, 0.2) is 78.0 Å². The highest BCUT2D eigenvalue weighted by molar-refractivity contribution is 7.90. The number of nitrogens with one attached hydrogen (secondary N) is 1. The number of rotatable bonds is 4. The minimum absolute atomic E-state index is 0.112. The molecule has 1 unspecified atom stereocenters. The first kappa shape index (κ1) is 22.4. The van der Waals surface area contributed by atoms with Crippen LogP contribution in [0.1, 0.15) is 17.7 Å². The number of nitrogens with zero attached hydrogens (tertiary/aromatic N) is 4. The maximum absolute atomic E-state index is 13.7. The summed E-state index contributed by atoms with van der Waals surface area (Å²) in [6.45, 7) is 0.725. The van der Waals surface area contributed by atoms with Gasteiger partial charge in [-0.05, 0) is 42.7 Å². The molecule has 0 radical (unpaired) electrons. The third-order valence-electron chi connectivity index (χ3n) is 5.74. The van der Waals surface area contributed by atoms with Gasteiger partial charge in [0.1, 0.15) is 17.8 Å². The summed E-state index contributed by atoms with van der Waals surface area (Å²) >= 11 is 0. The van der Waals surface area contributed by atoms with Crippen molar-refractivity contribution in [1.82, 2.24) is 18.8 Å². The maximum atomic E-state index is 13.7. The molecule has 5 rings (SSSR count). The Morgan fingerprint density at radius 2 is 1.74 bits per heavy atom. The number of aromatic nitrogens is 3. The Balaban J connectivity index is 1.63. The zero-order chi connectivity index (χ0) is 24.4. The predicted octanol–water partition coefficient (Wildman–Crippen LogP) is 3.23. The van der Waals surface area contributed by atoms with Crippen LogP contribution in [0.3, 0.4) is 0 Å². The van der Waals surface area contributed by atoms with E-state index in [4.69, 9.17) is 0 Å². The van der Waals surface area contributed by atoms with Gasteiger partial charge in [-0.25, -0.2) is 27.2 Å². The van der Waals surface area contributed by atoms with E-state index in [1.807, 2.05) is 30.3 Å². The Labute approximate surface area is 202 Å². The van der Waals surface area contributed by atoms with Crippen LogP contribution in [-0.2, 0) is 10.0 Å². The number of likely N-dealkylation sites (tertiary alicyclic amines) is 1. The van der Waals surface area contributed by atoms with E-state index in [9.17, 15) is 18.3 Å². The Morgan fingerprint density at radius 3 is 2.43 bits per heavy atom. The molecule has 9 nitrogen and oxygen atoms in total.